The van der Waals surface area contributed by atoms with Gasteiger partial charge in [-0.15, -0.1) is 0 Å². The minimum absolute atomic E-state index is 0.0268. The zero-order valence-corrected chi connectivity index (χ0v) is 12.5. The molecule has 0 aliphatic carbocycles. The quantitative estimate of drug-likeness (QED) is 0.496. The maximum atomic E-state index is 11.8. The molecule has 1 unspecified atom stereocenters. The van der Waals surface area contributed by atoms with Crippen molar-refractivity contribution in [3.63, 3.8) is 0 Å². The van der Waals surface area contributed by atoms with Crippen molar-refractivity contribution in [2.75, 3.05) is 0 Å². The van der Waals surface area contributed by atoms with Crippen LogP contribution in [0.1, 0.15) is 72.6 Å². The summed E-state index contributed by atoms with van der Waals surface area (Å²) in [5, 5.41) is 0. The molecule has 1 rings (SSSR count). The highest BCUT2D eigenvalue weighted by atomic mass is 32.2. The average Bonchev–Trinajstić information content (AvgIpc) is 2.41. The van der Waals surface area contributed by atoms with Crippen LogP contribution in [0.5, 0.6) is 0 Å². The summed E-state index contributed by atoms with van der Waals surface area (Å²) in [6, 6.07) is 0. The molecular formula is C14H26O2S. The molecule has 3 heteroatoms. The van der Waals surface area contributed by atoms with Gasteiger partial charge in [0.25, 0.3) is 0 Å². The molecule has 17 heavy (non-hydrogen) atoms. The molecule has 0 spiro atoms. The van der Waals surface area contributed by atoms with Crippen LogP contribution in [0, 0.1) is 0 Å². The highest BCUT2D eigenvalue weighted by Gasteiger charge is 2.49. The molecule has 0 N–H and O–H groups in total. The van der Waals surface area contributed by atoms with Gasteiger partial charge in [0.2, 0.25) is 0 Å². The lowest BCUT2D eigenvalue weighted by Crippen LogP contribution is -2.27. The number of unbranched alkanes of at least 4 members (excludes halogenated alkanes) is 5. The first-order valence-corrected chi connectivity index (χ1v) is 7.65. The van der Waals surface area contributed by atoms with Crippen LogP contribution in [-0.4, -0.2) is 15.6 Å². The molecule has 0 aromatic carbocycles. The van der Waals surface area contributed by atoms with Gasteiger partial charge >= 0.3 is 5.97 Å². The van der Waals surface area contributed by atoms with Gasteiger partial charge in [-0.25, -0.2) is 0 Å². The van der Waals surface area contributed by atoms with Crippen LogP contribution in [0.3, 0.4) is 0 Å². The summed E-state index contributed by atoms with van der Waals surface area (Å²) in [5.41, 5.74) is 0. The zero-order valence-electron chi connectivity index (χ0n) is 11.7. The summed E-state index contributed by atoms with van der Waals surface area (Å²) in [6.45, 7) is 8.21. The second-order valence-corrected chi connectivity index (χ2v) is 7.73. The first kappa shape index (κ1) is 14.9. The molecule has 0 radical (unpaired) electrons. The Morgan fingerprint density at radius 2 is 1.65 bits per heavy atom. The highest BCUT2D eigenvalue weighted by Crippen LogP contribution is 2.48. The predicted octanol–water partition coefficient (Wildman–Crippen LogP) is 4.52. The van der Waals surface area contributed by atoms with Gasteiger partial charge in [-0.3, -0.25) is 4.79 Å². The number of ether oxygens (including phenoxy) is 1. The molecule has 100 valence electrons. The van der Waals surface area contributed by atoms with Crippen LogP contribution in [0.15, 0.2) is 0 Å². The van der Waals surface area contributed by atoms with Crippen LogP contribution in [0.4, 0.5) is 0 Å². The van der Waals surface area contributed by atoms with E-state index in [4.69, 9.17) is 4.74 Å². The molecule has 1 aliphatic rings. The summed E-state index contributed by atoms with van der Waals surface area (Å²) in [6.07, 6.45) is 8.58. The van der Waals surface area contributed by atoms with Crippen LogP contribution in [-0.2, 0) is 9.53 Å². The Bertz CT molecular complexity index is 263. The molecule has 1 atom stereocenters. The van der Waals surface area contributed by atoms with Gasteiger partial charge in [-0.2, -0.15) is 0 Å². The van der Waals surface area contributed by atoms with Crippen LogP contribution < -0.4 is 0 Å². The Morgan fingerprint density at radius 1 is 1.06 bits per heavy atom. The van der Waals surface area contributed by atoms with Crippen molar-refractivity contribution < 1.29 is 9.53 Å². The lowest BCUT2D eigenvalue weighted by Gasteiger charge is -2.19. The molecule has 0 amide bonds. The number of hydrogen-bond donors (Lipinski definition) is 0. The zero-order chi connectivity index (χ0) is 12.9. The van der Waals surface area contributed by atoms with E-state index in [1.807, 2.05) is 20.8 Å². The third-order valence-electron chi connectivity index (χ3n) is 3.25. The van der Waals surface area contributed by atoms with Gasteiger partial charge in [0, 0.05) is 0 Å². The number of rotatable bonds is 7. The molecule has 1 fully saturated rings. The van der Waals surface area contributed by atoms with Gasteiger partial charge in [0.1, 0.15) is 4.75 Å². The number of hydrogen-bond acceptors (Lipinski definition) is 3. The SMILES string of the molecule is CCCCCCCCC1(C)SC(C)(C)OC1=O. The second kappa shape index (κ2) is 6.12. The molecule has 0 aromatic rings. The Morgan fingerprint density at radius 3 is 2.18 bits per heavy atom. The van der Waals surface area contributed by atoms with Gasteiger partial charge in [0.05, 0.1) is 0 Å². The molecule has 1 aliphatic heterocycles. The molecule has 0 bridgehead atoms. The topological polar surface area (TPSA) is 26.3 Å². The number of thioether (sulfide) groups is 1. The Kier molecular flexibility index (Phi) is 5.36. The fourth-order valence-electron chi connectivity index (χ4n) is 2.33. The summed E-state index contributed by atoms with van der Waals surface area (Å²) in [4.78, 5) is 11.5. The van der Waals surface area contributed by atoms with E-state index in [9.17, 15) is 4.79 Å². The number of esters is 1. The highest BCUT2D eigenvalue weighted by molar-refractivity contribution is 8.02. The molecule has 0 aromatic heterocycles. The van der Waals surface area contributed by atoms with E-state index in [1.54, 1.807) is 11.8 Å². The van der Waals surface area contributed by atoms with Crippen LogP contribution >= 0.6 is 11.8 Å². The summed E-state index contributed by atoms with van der Waals surface area (Å²) in [7, 11) is 0. The minimum Gasteiger partial charge on any atom is -0.447 e. The fourth-order valence-corrected chi connectivity index (χ4v) is 3.91. The van der Waals surface area contributed by atoms with E-state index >= 15 is 0 Å². The maximum absolute atomic E-state index is 11.8. The van der Waals surface area contributed by atoms with Gasteiger partial charge in [-0.1, -0.05) is 57.2 Å². The minimum atomic E-state index is -0.339. The number of cyclic esters (lactones) is 1. The summed E-state index contributed by atoms with van der Waals surface area (Å²) >= 11 is 1.67. The van der Waals surface area contributed by atoms with Gasteiger partial charge in [-0.05, 0) is 27.2 Å². The van der Waals surface area contributed by atoms with E-state index in [1.165, 1.54) is 32.1 Å². The van der Waals surface area contributed by atoms with E-state index in [2.05, 4.69) is 6.92 Å². The van der Waals surface area contributed by atoms with Gasteiger partial charge in [0.15, 0.2) is 4.93 Å². The third kappa shape index (κ3) is 4.53. The third-order valence-corrected chi connectivity index (χ3v) is 4.64. The molecule has 1 saturated heterocycles. The number of carbonyl (C=O) groups excluding carboxylic acids is 1. The second-order valence-electron chi connectivity index (χ2n) is 5.64. The van der Waals surface area contributed by atoms with Crippen molar-refractivity contribution in [2.24, 2.45) is 0 Å². The molecule has 1 heterocycles. The summed E-state index contributed by atoms with van der Waals surface area (Å²) in [5.74, 6) is -0.0268. The Labute approximate surface area is 110 Å². The van der Waals surface area contributed by atoms with Crippen molar-refractivity contribution in [3.8, 4) is 0 Å². The van der Waals surface area contributed by atoms with E-state index in [-0.39, 0.29) is 15.6 Å². The lowest BCUT2D eigenvalue weighted by atomic mass is 10.0. The van der Waals surface area contributed by atoms with Crippen LogP contribution in [0.2, 0.25) is 0 Å². The molecule has 0 saturated carbocycles. The van der Waals surface area contributed by atoms with Crippen molar-refractivity contribution in [1.29, 1.82) is 0 Å². The normalized spacial score (nSPS) is 27.2. The van der Waals surface area contributed by atoms with Crippen LogP contribution in [0.25, 0.3) is 0 Å². The van der Waals surface area contributed by atoms with E-state index in [0.29, 0.717) is 0 Å². The Balaban J connectivity index is 2.24. The molecular weight excluding hydrogens is 232 g/mol. The van der Waals surface area contributed by atoms with Crippen molar-refractivity contribution in [1.82, 2.24) is 0 Å². The van der Waals surface area contributed by atoms with E-state index < -0.39 is 0 Å². The monoisotopic (exact) mass is 258 g/mol. The average molecular weight is 258 g/mol. The molecule has 2 nitrogen and oxygen atoms in total. The summed E-state index contributed by atoms with van der Waals surface area (Å²) < 4.78 is 5.07. The van der Waals surface area contributed by atoms with Crippen molar-refractivity contribution in [3.05, 3.63) is 0 Å². The first-order chi connectivity index (χ1) is 7.90. The largest absolute Gasteiger partial charge is 0.447 e. The number of carbonyl (C=O) groups is 1. The van der Waals surface area contributed by atoms with Crippen molar-refractivity contribution in [2.45, 2.75) is 82.3 Å². The predicted molar refractivity (Wildman–Crippen MR) is 74.2 cm³/mol. The van der Waals surface area contributed by atoms with Crippen molar-refractivity contribution >= 4 is 17.7 Å². The standard InChI is InChI=1S/C14H26O2S/c1-5-6-7-8-9-10-11-14(4)12(15)16-13(2,3)17-14/h5-11H2,1-4H3. The van der Waals surface area contributed by atoms with E-state index in [0.717, 1.165) is 12.8 Å². The fraction of sp³-hybridized carbons (Fsp3) is 0.929. The Hall–Kier alpha value is -0.180. The van der Waals surface area contributed by atoms with Gasteiger partial charge < -0.3 is 4.74 Å². The maximum Gasteiger partial charge on any atom is 0.323 e. The smallest absolute Gasteiger partial charge is 0.323 e. The lowest BCUT2D eigenvalue weighted by molar-refractivity contribution is -0.148. The first-order valence-electron chi connectivity index (χ1n) is 6.83.